The van der Waals surface area contributed by atoms with Crippen molar-refractivity contribution in [3.05, 3.63) is 53.6 Å². The molecule has 1 aliphatic rings. The van der Waals surface area contributed by atoms with E-state index in [1.54, 1.807) is 6.07 Å². The van der Waals surface area contributed by atoms with Crippen LogP contribution >= 0.6 is 0 Å². The molecule has 0 bridgehead atoms. The minimum Gasteiger partial charge on any atom is -0.483 e. The van der Waals surface area contributed by atoms with Gasteiger partial charge in [-0.05, 0) is 42.2 Å². The molecule has 130 valence electrons. The van der Waals surface area contributed by atoms with Crippen LogP contribution in [-0.4, -0.2) is 25.0 Å². The molecule has 0 unspecified atom stereocenters. The Hall–Kier alpha value is -2.82. The standard InChI is InChI=1S/C20H22N2O3/c1-13(2)15-9-8-14(3)18(10-15)25-12-20(24)22-11-19(23)21-16-6-4-5-7-17(16)22/h4-10,13H,11-12H2,1-3H3,(H,21,23). The monoisotopic (exact) mass is 338 g/mol. The fraction of sp³-hybridized carbons (Fsp3) is 0.300. The summed E-state index contributed by atoms with van der Waals surface area (Å²) in [6, 6.07) is 13.3. The smallest absolute Gasteiger partial charge is 0.265 e. The Labute approximate surface area is 147 Å². The van der Waals surface area contributed by atoms with Crippen LogP contribution in [0.5, 0.6) is 5.75 Å². The predicted molar refractivity (Wildman–Crippen MR) is 98.2 cm³/mol. The van der Waals surface area contributed by atoms with Crippen molar-refractivity contribution in [1.29, 1.82) is 0 Å². The summed E-state index contributed by atoms with van der Waals surface area (Å²) in [5.74, 6) is 0.646. The van der Waals surface area contributed by atoms with Gasteiger partial charge in [0.05, 0.1) is 11.4 Å². The van der Waals surface area contributed by atoms with E-state index >= 15 is 0 Å². The molecule has 0 atom stereocenters. The van der Waals surface area contributed by atoms with E-state index in [1.807, 2.05) is 37.3 Å². The maximum atomic E-state index is 12.6. The first-order valence-corrected chi connectivity index (χ1v) is 8.38. The normalized spacial score (nSPS) is 13.4. The van der Waals surface area contributed by atoms with E-state index in [1.165, 1.54) is 4.90 Å². The second kappa shape index (κ2) is 6.97. The van der Waals surface area contributed by atoms with Crippen molar-refractivity contribution in [2.45, 2.75) is 26.7 Å². The number of nitrogens with one attached hydrogen (secondary N) is 1. The molecule has 0 spiro atoms. The van der Waals surface area contributed by atoms with Crippen LogP contribution in [0.4, 0.5) is 11.4 Å². The first-order chi connectivity index (χ1) is 12.0. The topological polar surface area (TPSA) is 58.6 Å². The van der Waals surface area contributed by atoms with Gasteiger partial charge in [-0.2, -0.15) is 0 Å². The number of para-hydroxylation sites is 2. The number of aryl methyl sites for hydroxylation is 1. The summed E-state index contributed by atoms with van der Waals surface area (Å²) in [7, 11) is 0. The van der Waals surface area contributed by atoms with Crippen LogP contribution in [0.15, 0.2) is 42.5 Å². The highest BCUT2D eigenvalue weighted by atomic mass is 16.5. The molecule has 5 nitrogen and oxygen atoms in total. The summed E-state index contributed by atoms with van der Waals surface area (Å²) in [6.45, 7) is 6.08. The highest BCUT2D eigenvalue weighted by Gasteiger charge is 2.26. The summed E-state index contributed by atoms with van der Waals surface area (Å²) in [5.41, 5.74) is 3.48. The van der Waals surface area contributed by atoms with Crippen LogP contribution in [0.1, 0.15) is 30.9 Å². The second-order valence-corrected chi connectivity index (χ2v) is 6.51. The Morgan fingerprint density at radius 3 is 2.76 bits per heavy atom. The number of ether oxygens (including phenoxy) is 1. The van der Waals surface area contributed by atoms with E-state index < -0.39 is 0 Å². The van der Waals surface area contributed by atoms with Gasteiger partial charge in [-0.15, -0.1) is 0 Å². The number of fused-ring (bicyclic) bond motifs is 1. The largest absolute Gasteiger partial charge is 0.483 e. The third-order valence-corrected chi connectivity index (χ3v) is 4.30. The third-order valence-electron chi connectivity index (χ3n) is 4.30. The molecule has 5 heteroatoms. The first-order valence-electron chi connectivity index (χ1n) is 8.38. The Kier molecular flexibility index (Phi) is 4.74. The van der Waals surface area contributed by atoms with Crippen LogP contribution in [0.25, 0.3) is 0 Å². The lowest BCUT2D eigenvalue weighted by Gasteiger charge is -2.29. The highest BCUT2D eigenvalue weighted by molar-refractivity contribution is 6.10. The van der Waals surface area contributed by atoms with Gasteiger partial charge in [0.1, 0.15) is 12.3 Å². The zero-order chi connectivity index (χ0) is 18.0. The van der Waals surface area contributed by atoms with E-state index in [-0.39, 0.29) is 25.0 Å². The van der Waals surface area contributed by atoms with E-state index in [2.05, 4.69) is 25.2 Å². The van der Waals surface area contributed by atoms with Crippen molar-refractivity contribution in [2.75, 3.05) is 23.4 Å². The quantitative estimate of drug-likeness (QED) is 0.928. The maximum Gasteiger partial charge on any atom is 0.265 e. The zero-order valence-electron chi connectivity index (χ0n) is 14.7. The van der Waals surface area contributed by atoms with Crippen molar-refractivity contribution in [3.63, 3.8) is 0 Å². The number of nitrogens with zero attached hydrogens (tertiary/aromatic N) is 1. The predicted octanol–water partition coefficient (Wildman–Crippen LogP) is 3.48. The van der Waals surface area contributed by atoms with E-state index in [0.717, 1.165) is 11.1 Å². The molecule has 2 aromatic carbocycles. The highest BCUT2D eigenvalue weighted by Crippen LogP contribution is 2.29. The molecule has 0 saturated carbocycles. The molecule has 0 saturated heterocycles. The number of benzene rings is 2. The van der Waals surface area contributed by atoms with Crippen molar-refractivity contribution in [2.24, 2.45) is 0 Å². The van der Waals surface area contributed by atoms with Crippen molar-refractivity contribution in [3.8, 4) is 5.75 Å². The fourth-order valence-electron chi connectivity index (χ4n) is 2.80. The minimum atomic E-state index is -0.239. The molecule has 0 aliphatic carbocycles. The molecule has 2 amide bonds. The molecule has 1 heterocycles. The van der Waals surface area contributed by atoms with Crippen molar-refractivity contribution < 1.29 is 14.3 Å². The molecular formula is C20H22N2O3. The molecule has 3 rings (SSSR count). The average Bonchev–Trinajstić information content (AvgIpc) is 2.59. The van der Waals surface area contributed by atoms with Gasteiger partial charge in [0, 0.05) is 0 Å². The van der Waals surface area contributed by atoms with Crippen LogP contribution in [0, 0.1) is 6.92 Å². The van der Waals surface area contributed by atoms with Gasteiger partial charge in [0.2, 0.25) is 5.91 Å². The van der Waals surface area contributed by atoms with E-state index in [0.29, 0.717) is 23.0 Å². The van der Waals surface area contributed by atoms with Crippen LogP contribution in [-0.2, 0) is 9.59 Å². The summed E-state index contributed by atoms with van der Waals surface area (Å²) in [5, 5.41) is 2.77. The zero-order valence-corrected chi connectivity index (χ0v) is 14.7. The van der Waals surface area contributed by atoms with Crippen molar-refractivity contribution in [1.82, 2.24) is 0 Å². The number of amides is 2. The number of hydrogen-bond donors (Lipinski definition) is 1. The lowest BCUT2D eigenvalue weighted by molar-refractivity contribution is -0.123. The average molecular weight is 338 g/mol. The molecule has 25 heavy (non-hydrogen) atoms. The van der Waals surface area contributed by atoms with Gasteiger partial charge in [-0.1, -0.05) is 38.1 Å². The minimum absolute atomic E-state index is 0.00419. The lowest BCUT2D eigenvalue weighted by atomic mass is 10.0. The molecule has 0 fully saturated rings. The van der Waals surface area contributed by atoms with Gasteiger partial charge in [-0.3, -0.25) is 14.5 Å². The van der Waals surface area contributed by atoms with Crippen LogP contribution in [0.2, 0.25) is 0 Å². The number of hydrogen-bond acceptors (Lipinski definition) is 3. The van der Waals surface area contributed by atoms with E-state index in [4.69, 9.17) is 4.74 Å². The lowest BCUT2D eigenvalue weighted by Crippen LogP contribution is -2.44. The SMILES string of the molecule is Cc1ccc(C(C)C)cc1OCC(=O)N1CC(=O)Nc2ccccc21. The van der Waals surface area contributed by atoms with Gasteiger partial charge in [0.25, 0.3) is 5.91 Å². The van der Waals surface area contributed by atoms with Crippen LogP contribution < -0.4 is 15.0 Å². The number of anilines is 2. The molecule has 2 aromatic rings. The van der Waals surface area contributed by atoms with Gasteiger partial charge in [0.15, 0.2) is 6.61 Å². The molecule has 0 radical (unpaired) electrons. The first kappa shape index (κ1) is 17.0. The summed E-state index contributed by atoms with van der Waals surface area (Å²) < 4.78 is 5.77. The van der Waals surface area contributed by atoms with E-state index in [9.17, 15) is 9.59 Å². The summed E-state index contributed by atoms with van der Waals surface area (Å²) >= 11 is 0. The molecule has 1 N–H and O–H groups in total. The van der Waals surface area contributed by atoms with Gasteiger partial charge >= 0.3 is 0 Å². The van der Waals surface area contributed by atoms with Crippen molar-refractivity contribution >= 4 is 23.2 Å². The molecule has 0 aromatic heterocycles. The number of rotatable bonds is 4. The molecular weight excluding hydrogens is 316 g/mol. The maximum absolute atomic E-state index is 12.6. The summed E-state index contributed by atoms with van der Waals surface area (Å²) in [4.78, 5) is 25.9. The number of carbonyl (C=O) groups is 2. The Morgan fingerprint density at radius 2 is 2.00 bits per heavy atom. The second-order valence-electron chi connectivity index (χ2n) is 6.51. The Bertz CT molecular complexity index is 814. The fourth-order valence-corrected chi connectivity index (χ4v) is 2.80. The third kappa shape index (κ3) is 3.65. The Morgan fingerprint density at radius 1 is 1.24 bits per heavy atom. The molecule has 1 aliphatic heterocycles. The Balaban J connectivity index is 1.76. The van der Waals surface area contributed by atoms with Gasteiger partial charge in [-0.25, -0.2) is 0 Å². The number of carbonyl (C=O) groups excluding carboxylic acids is 2. The van der Waals surface area contributed by atoms with Gasteiger partial charge < -0.3 is 10.1 Å². The summed E-state index contributed by atoms with van der Waals surface area (Å²) in [6.07, 6.45) is 0. The van der Waals surface area contributed by atoms with Crippen LogP contribution in [0.3, 0.4) is 0 Å².